The Balaban J connectivity index is 1.59. The fourth-order valence-electron chi connectivity index (χ4n) is 7.56. The van der Waals surface area contributed by atoms with E-state index in [2.05, 4.69) is 32.2 Å². The van der Waals surface area contributed by atoms with Crippen molar-refractivity contribution >= 4 is 68.8 Å². The molecule has 12 nitrogen and oxygen atoms in total. The molecule has 0 bridgehead atoms. The van der Waals surface area contributed by atoms with Gasteiger partial charge in [-0.1, -0.05) is 36.6 Å². The molecule has 0 saturated heterocycles. The molecule has 6 rings (SSSR count). The third-order valence-electron chi connectivity index (χ3n) is 10.8. The number of amides is 2. The molecule has 1 fully saturated rings. The molecule has 378 valence electrons. The molecule has 3 atom stereocenters. The second kappa shape index (κ2) is 21.3. The Morgan fingerprint density at radius 3 is 2.32 bits per heavy atom. The highest BCUT2D eigenvalue weighted by molar-refractivity contribution is 8.00. The average molecular weight is 1060 g/mol. The van der Waals surface area contributed by atoms with Crippen LogP contribution in [0.4, 0.5) is 54.5 Å². The van der Waals surface area contributed by atoms with E-state index >= 15 is 8.78 Å². The highest BCUT2D eigenvalue weighted by Gasteiger charge is 2.52. The van der Waals surface area contributed by atoms with Gasteiger partial charge in [0.15, 0.2) is 18.2 Å². The van der Waals surface area contributed by atoms with E-state index in [4.69, 9.17) is 22.1 Å². The van der Waals surface area contributed by atoms with Gasteiger partial charge in [-0.25, -0.2) is 22.8 Å². The highest BCUT2D eigenvalue weighted by atomic mass is 35.5. The van der Waals surface area contributed by atoms with Gasteiger partial charge >= 0.3 is 18.4 Å². The van der Waals surface area contributed by atoms with Gasteiger partial charge < -0.3 is 15.8 Å². The zero-order valence-corrected chi connectivity index (χ0v) is 40.4. The Bertz CT molecular complexity index is 2990. The largest absolute Gasteiger partial charge is 0.432 e. The summed E-state index contributed by atoms with van der Waals surface area (Å²) in [6.07, 6.45) is -7.33. The summed E-state index contributed by atoms with van der Waals surface area (Å²) in [7, 11) is -2.37. The van der Waals surface area contributed by atoms with Gasteiger partial charge in [0.1, 0.15) is 52.8 Å². The number of benzene rings is 2. The van der Waals surface area contributed by atoms with Crippen LogP contribution in [0.25, 0.3) is 22.0 Å². The Morgan fingerprint density at radius 1 is 1.07 bits per heavy atom. The summed E-state index contributed by atoms with van der Waals surface area (Å²) in [6.45, 7) is 1.15. The number of hydrogen-bond acceptors (Lipinski definition) is 9. The van der Waals surface area contributed by atoms with Gasteiger partial charge in [-0.3, -0.25) is 14.5 Å². The van der Waals surface area contributed by atoms with Crippen LogP contribution in [0.3, 0.4) is 0 Å². The maximum Gasteiger partial charge on any atom is 0.432 e. The van der Waals surface area contributed by atoms with Crippen molar-refractivity contribution in [2.75, 3.05) is 23.4 Å². The van der Waals surface area contributed by atoms with Gasteiger partial charge in [-0.15, -0.1) is 11.8 Å². The first-order chi connectivity index (χ1) is 33.1. The van der Waals surface area contributed by atoms with E-state index in [1.165, 1.54) is 53.0 Å². The smallest absolute Gasteiger partial charge is 0.394 e. The van der Waals surface area contributed by atoms with Crippen LogP contribution in [-0.2, 0) is 40.2 Å². The second-order valence-corrected chi connectivity index (χ2v) is 19.6. The predicted molar refractivity (Wildman–Crippen MR) is 247 cm³/mol. The van der Waals surface area contributed by atoms with Crippen LogP contribution in [0, 0.1) is 29.4 Å². The van der Waals surface area contributed by atoms with Gasteiger partial charge in [0, 0.05) is 47.6 Å². The van der Waals surface area contributed by atoms with Gasteiger partial charge in [0.25, 0.3) is 12.7 Å². The number of nitrogens with one attached hydrogen (secondary N) is 1. The first-order valence-corrected chi connectivity index (χ1v) is 24.0. The van der Waals surface area contributed by atoms with Gasteiger partial charge in [0.05, 0.1) is 32.4 Å². The van der Waals surface area contributed by atoms with Crippen molar-refractivity contribution in [3.63, 3.8) is 0 Å². The molecular weight excluding hydrogens is 1020 g/mol. The number of ether oxygens (including phenoxy) is 1. The number of halogens is 11. The molecule has 5 aromatic rings. The molecule has 1 aliphatic rings. The normalized spacial score (nSPS) is 17.1. The number of carbonyl (C=O) groups is 2. The van der Waals surface area contributed by atoms with Crippen LogP contribution in [0.15, 0.2) is 89.3 Å². The van der Waals surface area contributed by atoms with Crippen LogP contribution in [0.1, 0.15) is 50.2 Å². The van der Waals surface area contributed by atoms with Crippen molar-refractivity contribution < 1.29 is 67.0 Å². The molecule has 71 heavy (non-hydrogen) atoms. The minimum atomic E-state index is -5.24. The van der Waals surface area contributed by atoms with Crippen LogP contribution < -0.4 is 19.9 Å². The van der Waals surface area contributed by atoms with E-state index in [-0.39, 0.29) is 38.5 Å². The third kappa shape index (κ3) is 13.0. The van der Waals surface area contributed by atoms with E-state index in [1.54, 1.807) is 38.3 Å². The number of thioether (sulfide) groups is 1. The first-order valence-electron chi connectivity index (χ1n) is 20.9. The number of nitrogens with two attached hydrogens (primary N) is 1. The van der Waals surface area contributed by atoms with Crippen LogP contribution in [0.2, 0.25) is 5.02 Å². The Morgan fingerprint density at radius 2 is 1.72 bits per heavy atom. The maximum absolute atomic E-state index is 15.3. The third-order valence-corrected chi connectivity index (χ3v) is 13.0. The van der Waals surface area contributed by atoms with Crippen molar-refractivity contribution in [3.05, 3.63) is 118 Å². The lowest BCUT2D eigenvalue weighted by atomic mass is 9.93. The van der Waals surface area contributed by atoms with Crippen molar-refractivity contribution in [1.29, 1.82) is 0 Å². The molecule has 0 spiro atoms. The summed E-state index contributed by atoms with van der Waals surface area (Å²) in [5.74, 6) is -3.46. The SMILES string of the molecule is CSC(C)(C)C#Cc1ccc(-c2ccc(Cl)c3c(N(C(=O)OC[n+]4ccccc4)S(C)=O)nn(CC(F)(F)F)c23)c(C(Cc2cc(F)cc(F)c2)NC(=O)CN=C2/C(=C(\N)C(F)(F)F)[C@@H](C)CC2(F)F)n1. The molecule has 1 saturated carbocycles. The molecule has 3 N–H and O–H groups in total. The molecule has 2 amide bonds. The fourth-order valence-corrected chi connectivity index (χ4v) is 8.59. The Hall–Kier alpha value is -6.19. The van der Waals surface area contributed by atoms with Crippen molar-refractivity contribution in [3.8, 4) is 23.0 Å². The molecular formula is C46H42ClF10N8O4S2+. The monoisotopic (exact) mass is 1060 g/mol. The van der Waals surface area contributed by atoms with E-state index in [0.29, 0.717) is 15.1 Å². The van der Waals surface area contributed by atoms with E-state index < -0.39 is 131 Å². The summed E-state index contributed by atoms with van der Waals surface area (Å²) in [5.41, 5.74) is -0.0422. The van der Waals surface area contributed by atoms with Crippen molar-refractivity contribution in [2.45, 2.75) is 76.0 Å². The van der Waals surface area contributed by atoms with E-state index in [0.717, 1.165) is 25.3 Å². The lowest BCUT2D eigenvalue weighted by Gasteiger charge is -2.23. The fraction of sp³-hybridized carbons (Fsp3) is 0.348. The number of carbonyl (C=O) groups excluding carboxylic acids is 2. The number of pyridine rings is 2. The molecule has 1 aliphatic carbocycles. The van der Waals surface area contributed by atoms with E-state index in [1.807, 2.05) is 0 Å². The highest BCUT2D eigenvalue weighted by Crippen LogP contribution is 2.45. The Kier molecular flexibility index (Phi) is 16.2. The Labute approximate surface area is 411 Å². The summed E-state index contributed by atoms with van der Waals surface area (Å²) < 4.78 is 165. The molecule has 3 aromatic heterocycles. The number of alkyl halides is 8. The van der Waals surface area contributed by atoms with Crippen LogP contribution in [0.5, 0.6) is 0 Å². The summed E-state index contributed by atoms with van der Waals surface area (Å²) in [4.78, 5) is 35.9. The number of anilines is 1. The zero-order valence-electron chi connectivity index (χ0n) is 38.0. The standard InChI is InChI=1S/C46H41ClF10N8O4S2/c1-25-21-44(50,51)40(35(25)39(58)46(55,56)57)59-22-34(66)61-33(19-26-17-27(48)20-28(49)18-26)37-30(10-9-29(60-37)13-14-43(2,3)70-4)31-11-12-32(47)36-38(31)64(23-45(52,53)54)62-41(36)65(71(5)68)42(67)69-24-63-15-7-6-8-16-63/h6-12,15-18,20,25,33H,19,21-24H2,1-5H3,(H2-,58,59,61,66)/p+1/t25-,33?,71?/m0/s1. The number of allylic oxidation sites excluding steroid dienone is 2. The number of nitrogens with zero attached hydrogens (tertiary/aromatic N) is 6. The minimum absolute atomic E-state index is 0.00550. The lowest BCUT2D eigenvalue weighted by Crippen LogP contribution is -2.40. The maximum atomic E-state index is 15.3. The lowest BCUT2D eigenvalue weighted by molar-refractivity contribution is -0.727. The number of aromatic nitrogens is 4. The van der Waals surface area contributed by atoms with Crippen LogP contribution in [-0.4, -0.2) is 78.8 Å². The number of aliphatic imine (C=N–C) groups is 1. The van der Waals surface area contributed by atoms with Crippen molar-refractivity contribution in [2.24, 2.45) is 16.6 Å². The van der Waals surface area contributed by atoms with Gasteiger partial charge in [0.2, 0.25) is 5.91 Å². The molecule has 2 aromatic carbocycles. The number of rotatable bonds is 13. The van der Waals surface area contributed by atoms with E-state index in [9.17, 15) is 48.9 Å². The second-order valence-electron chi connectivity index (χ2n) is 16.6. The number of hydrogen-bond donors (Lipinski definition) is 2. The first kappa shape index (κ1) is 54.1. The summed E-state index contributed by atoms with van der Waals surface area (Å²) in [6, 6.07) is 10.8. The molecule has 25 heteroatoms. The average Bonchev–Trinajstić information content (AvgIpc) is 3.74. The molecule has 0 aliphatic heterocycles. The molecule has 0 radical (unpaired) electrons. The van der Waals surface area contributed by atoms with Crippen LogP contribution >= 0.6 is 23.4 Å². The summed E-state index contributed by atoms with van der Waals surface area (Å²) in [5, 5.41) is 5.98. The molecule has 3 heterocycles. The van der Waals surface area contributed by atoms with Gasteiger partial charge in [-0.05, 0) is 74.3 Å². The van der Waals surface area contributed by atoms with Gasteiger partial charge in [-0.2, -0.15) is 49.1 Å². The number of fused-ring (bicyclic) bond motifs is 1. The molecule has 2 unspecified atom stereocenters. The zero-order chi connectivity index (χ0) is 52.4. The van der Waals surface area contributed by atoms with Crippen molar-refractivity contribution in [1.82, 2.24) is 20.1 Å². The minimum Gasteiger partial charge on any atom is -0.394 e. The predicted octanol–water partition coefficient (Wildman–Crippen LogP) is 9.56. The topological polar surface area (TPSA) is 149 Å². The summed E-state index contributed by atoms with van der Waals surface area (Å²) >= 11 is 8.08. The quantitative estimate of drug-likeness (QED) is 0.0673.